The van der Waals surface area contributed by atoms with Gasteiger partial charge in [0.25, 0.3) is 0 Å². The van der Waals surface area contributed by atoms with Gasteiger partial charge >= 0.3 is 0 Å². The smallest absolute Gasteiger partial charge is 0.244 e. The molecule has 6 nitrogen and oxygen atoms in total. The first kappa shape index (κ1) is 22.7. The van der Waals surface area contributed by atoms with Crippen molar-refractivity contribution >= 4 is 30.7 Å². The van der Waals surface area contributed by atoms with E-state index in [4.69, 9.17) is 0 Å². The zero-order valence-electron chi connectivity index (χ0n) is 16.0. The van der Waals surface area contributed by atoms with Gasteiger partial charge in [-0.1, -0.05) is 0 Å². The van der Waals surface area contributed by atoms with E-state index in [1.165, 1.54) is 24.1 Å². The van der Waals surface area contributed by atoms with Crippen LogP contribution in [0.3, 0.4) is 0 Å². The van der Waals surface area contributed by atoms with Crippen molar-refractivity contribution in [3.8, 4) is 0 Å². The highest BCUT2D eigenvalue weighted by atomic mass is 35.5. The molecule has 2 saturated heterocycles. The van der Waals surface area contributed by atoms with Gasteiger partial charge in [-0.2, -0.15) is 5.10 Å². The van der Waals surface area contributed by atoms with Crippen LogP contribution in [0.25, 0.3) is 0 Å². The largest absolute Gasteiger partial charge is 0.341 e. The summed E-state index contributed by atoms with van der Waals surface area (Å²) in [6.07, 6.45) is 9.93. The van der Waals surface area contributed by atoms with Gasteiger partial charge in [0.1, 0.15) is 6.54 Å². The van der Waals surface area contributed by atoms with Crippen LogP contribution in [0.4, 0.5) is 0 Å². The first-order valence-electron chi connectivity index (χ1n) is 9.71. The Bertz CT molecular complexity index is 725. The van der Waals surface area contributed by atoms with Gasteiger partial charge in [0.2, 0.25) is 5.91 Å². The molecule has 4 rings (SSSR count). The van der Waals surface area contributed by atoms with Crippen molar-refractivity contribution in [2.75, 3.05) is 26.2 Å². The minimum Gasteiger partial charge on any atom is -0.341 e. The molecule has 1 atom stereocenters. The van der Waals surface area contributed by atoms with Crippen molar-refractivity contribution < 1.29 is 4.79 Å². The topological polar surface area (TPSA) is 63.1 Å². The van der Waals surface area contributed by atoms with Crippen molar-refractivity contribution in [1.82, 2.24) is 25.0 Å². The number of carbonyl (C=O) groups excluding carboxylic acids is 1. The number of rotatable bonds is 4. The molecule has 2 aromatic rings. The fraction of sp³-hybridized carbons (Fsp3) is 0.550. The predicted octanol–water partition coefficient (Wildman–Crippen LogP) is 2.99. The van der Waals surface area contributed by atoms with E-state index in [1.54, 1.807) is 0 Å². The molecule has 0 spiro atoms. The third-order valence-corrected chi connectivity index (χ3v) is 5.77. The average molecular weight is 426 g/mol. The molecule has 2 aromatic heterocycles. The molecule has 0 saturated carbocycles. The molecule has 1 N–H and O–H groups in total. The number of likely N-dealkylation sites (tertiary alicyclic amines) is 1. The number of amides is 1. The Labute approximate surface area is 178 Å². The highest BCUT2D eigenvalue weighted by Crippen LogP contribution is 2.28. The molecule has 154 valence electrons. The molecule has 28 heavy (non-hydrogen) atoms. The van der Waals surface area contributed by atoms with Gasteiger partial charge in [-0.05, 0) is 61.9 Å². The van der Waals surface area contributed by atoms with Crippen LogP contribution >= 0.6 is 24.8 Å². The summed E-state index contributed by atoms with van der Waals surface area (Å²) in [4.78, 5) is 18.9. The maximum atomic E-state index is 12.8. The number of halogens is 2. The highest BCUT2D eigenvalue weighted by Gasteiger charge is 2.25. The molecule has 0 radical (unpaired) electrons. The van der Waals surface area contributed by atoms with Gasteiger partial charge in [0.05, 0.1) is 0 Å². The van der Waals surface area contributed by atoms with Crippen LogP contribution in [0.5, 0.6) is 0 Å². The van der Waals surface area contributed by atoms with Crippen LogP contribution in [0.15, 0.2) is 36.8 Å². The van der Waals surface area contributed by atoms with Gasteiger partial charge in [-0.25, -0.2) is 0 Å². The molecule has 0 bridgehead atoms. The fourth-order valence-corrected chi connectivity index (χ4v) is 4.25. The van der Waals surface area contributed by atoms with E-state index in [0.29, 0.717) is 18.4 Å². The lowest BCUT2D eigenvalue weighted by Gasteiger charge is -2.32. The van der Waals surface area contributed by atoms with Crippen molar-refractivity contribution in [3.05, 3.63) is 48.0 Å². The van der Waals surface area contributed by atoms with Crippen molar-refractivity contribution in [2.24, 2.45) is 0 Å². The Kier molecular flexibility index (Phi) is 8.73. The van der Waals surface area contributed by atoms with Gasteiger partial charge in [-0.15, -0.1) is 24.8 Å². The zero-order chi connectivity index (χ0) is 17.8. The lowest BCUT2D eigenvalue weighted by Crippen LogP contribution is -2.40. The normalized spacial score (nSPS) is 20.1. The molecule has 1 amide bonds. The molecule has 1 unspecified atom stereocenters. The lowest BCUT2D eigenvalue weighted by molar-refractivity contribution is -0.133. The van der Waals surface area contributed by atoms with Gasteiger partial charge in [0, 0.05) is 49.8 Å². The molecule has 2 fully saturated rings. The second kappa shape index (κ2) is 10.8. The van der Waals surface area contributed by atoms with E-state index in [0.717, 1.165) is 39.0 Å². The Hall–Kier alpha value is -1.63. The van der Waals surface area contributed by atoms with Gasteiger partial charge in [-0.3, -0.25) is 14.5 Å². The molecular weight excluding hydrogens is 397 g/mol. The third-order valence-electron chi connectivity index (χ3n) is 5.77. The first-order valence-corrected chi connectivity index (χ1v) is 9.71. The number of aromatic nitrogens is 3. The minimum atomic E-state index is 0. The monoisotopic (exact) mass is 425 g/mol. The lowest BCUT2D eigenvalue weighted by atomic mass is 9.90. The summed E-state index contributed by atoms with van der Waals surface area (Å²) in [6.45, 7) is 4.09. The van der Waals surface area contributed by atoms with E-state index in [9.17, 15) is 4.79 Å². The Morgan fingerprint density at radius 1 is 1.04 bits per heavy atom. The predicted molar refractivity (Wildman–Crippen MR) is 114 cm³/mol. The molecule has 0 aliphatic carbocycles. The van der Waals surface area contributed by atoms with Crippen LogP contribution in [0, 0.1) is 0 Å². The second-order valence-electron chi connectivity index (χ2n) is 7.39. The number of piperidine rings is 2. The summed E-state index contributed by atoms with van der Waals surface area (Å²) in [7, 11) is 0. The maximum absolute atomic E-state index is 12.8. The van der Waals surface area contributed by atoms with Gasteiger partial charge < -0.3 is 10.2 Å². The Morgan fingerprint density at radius 2 is 1.79 bits per heavy atom. The van der Waals surface area contributed by atoms with E-state index < -0.39 is 0 Å². The van der Waals surface area contributed by atoms with E-state index in [-0.39, 0.29) is 30.7 Å². The second-order valence-corrected chi connectivity index (χ2v) is 7.39. The SMILES string of the molecule is Cl.Cl.O=C(Cn1nccc1C1CCCNC1)N1CCC(c2ccncc2)CC1. The molecule has 2 aliphatic rings. The Balaban J connectivity index is 0.00000140. The number of hydrogen-bond donors (Lipinski definition) is 1. The number of hydrogen-bond acceptors (Lipinski definition) is 4. The third kappa shape index (κ3) is 5.25. The van der Waals surface area contributed by atoms with Crippen LogP contribution in [0.1, 0.15) is 48.8 Å². The summed E-state index contributed by atoms with van der Waals surface area (Å²) in [5, 5.41) is 7.87. The van der Waals surface area contributed by atoms with E-state index in [1.807, 2.05) is 28.2 Å². The molecule has 2 aliphatic heterocycles. The van der Waals surface area contributed by atoms with E-state index in [2.05, 4.69) is 33.6 Å². The molecule has 0 aromatic carbocycles. The van der Waals surface area contributed by atoms with Crippen LogP contribution in [-0.2, 0) is 11.3 Å². The first-order chi connectivity index (χ1) is 12.8. The van der Waals surface area contributed by atoms with Crippen LogP contribution in [0.2, 0.25) is 0 Å². The maximum Gasteiger partial charge on any atom is 0.244 e. The number of carbonyl (C=O) groups is 1. The summed E-state index contributed by atoms with van der Waals surface area (Å²) >= 11 is 0. The molecular formula is C20H29Cl2N5O. The summed E-state index contributed by atoms with van der Waals surface area (Å²) in [6, 6.07) is 6.26. The zero-order valence-corrected chi connectivity index (χ0v) is 17.6. The van der Waals surface area contributed by atoms with Crippen molar-refractivity contribution in [2.45, 2.75) is 44.1 Å². The fourth-order valence-electron chi connectivity index (χ4n) is 4.25. The van der Waals surface area contributed by atoms with Gasteiger partial charge in [0.15, 0.2) is 0 Å². The quantitative estimate of drug-likeness (QED) is 0.817. The molecule has 4 heterocycles. The van der Waals surface area contributed by atoms with E-state index >= 15 is 0 Å². The van der Waals surface area contributed by atoms with Crippen LogP contribution in [-0.4, -0.2) is 51.8 Å². The Morgan fingerprint density at radius 3 is 2.46 bits per heavy atom. The summed E-state index contributed by atoms with van der Waals surface area (Å²) in [5.41, 5.74) is 2.53. The average Bonchev–Trinajstić information content (AvgIpc) is 3.17. The van der Waals surface area contributed by atoms with Crippen LogP contribution < -0.4 is 5.32 Å². The summed E-state index contributed by atoms with van der Waals surface area (Å²) < 4.78 is 1.91. The highest BCUT2D eigenvalue weighted by molar-refractivity contribution is 5.85. The summed E-state index contributed by atoms with van der Waals surface area (Å²) in [5.74, 6) is 1.19. The minimum absolute atomic E-state index is 0. The van der Waals surface area contributed by atoms with Crippen molar-refractivity contribution in [1.29, 1.82) is 0 Å². The molecule has 8 heteroatoms. The van der Waals surface area contributed by atoms with Crippen molar-refractivity contribution in [3.63, 3.8) is 0 Å². The number of nitrogens with one attached hydrogen (secondary N) is 1. The number of nitrogens with zero attached hydrogens (tertiary/aromatic N) is 4. The number of pyridine rings is 1. The standard InChI is InChI=1S/C20H27N5O.2ClH/c26-20(15-25-19(5-11-23-25)18-2-1-8-22-14-18)24-12-6-17(7-13-24)16-3-9-21-10-4-16;;/h3-5,9-11,17-18,22H,1-2,6-8,12-15H2;2*1H.